The van der Waals surface area contributed by atoms with Gasteiger partial charge in [0.2, 0.25) is 0 Å². The van der Waals surface area contributed by atoms with Gasteiger partial charge in [-0.2, -0.15) is 13.2 Å². The molecule has 4 rings (SSSR count). The molecule has 2 aromatic carbocycles. The fourth-order valence-electron chi connectivity index (χ4n) is 4.08. The number of hydrogen-bond donors (Lipinski definition) is 0. The van der Waals surface area contributed by atoms with Crippen molar-refractivity contribution in [1.82, 2.24) is 9.88 Å². The summed E-state index contributed by atoms with van der Waals surface area (Å²) in [5, 5.41) is 0. The van der Waals surface area contributed by atoms with Crippen LogP contribution in [0.1, 0.15) is 22.9 Å². The van der Waals surface area contributed by atoms with E-state index in [0.717, 1.165) is 21.8 Å². The van der Waals surface area contributed by atoms with Crippen LogP contribution in [0.3, 0.4) is 0 Å². The average Bonchev–Trinajstić information content (AvgIpc) is 2.79. The molecule has 3 aromatic rings. The average molecular weight is 554 g/mol. The number of pyridine rings is 1. The van der Waals surface area contributed by atoms with Crippen molar-refractivity contribution in [2.75, 3.05) is 30.8 Å². The van der Waals surface area contributed by atoms with Gasteiger partial charge in [-0.05, 0) is 47.5 Å². The summed E-state index contributed by atoms with van der Waals surface area (Å²) in [5.41, 5.74) is 1.67. The van der Waals surface area contributed by atoms with E-state index in [1.807, 2.05) is 30.3 Å². The Morgan fingerprint density at radius 3 is 2.41 bits per heavy atom. The van der Waals surface area contributed by atoms with Gasteiger partial charge in [0.1, 0.15) is 5.69 Å². The highest BCUT2D eigenvalue weighted by Crippen LogP contribution is 2.32. The molecule has 0 amide bonds. The number of aromatic nitrogens is 1. The van der Waals surface area contributed by atoms with Crippen LogP contribution in [0.15, 0.2) is 76.2 Å². The Labute approximate surface area is 205 Å². The summed E-state index contributed by atoms with van der Waals surface area (Å²) < 4.78 is 63.6. The number of sulfone groups is 1. The minimum atomic E-state index is -4.47. The van der Waals surface area contributed by atoms with E-state index in [-0.39, 0.29) is 10.9 Å². The molecular formula is C24H23BrF3N3O2S. The highest BCUT2D eigenvalue weighted by atomic mass is 79.9. The smallest absolute Gasteiger partial charge is 0.368 e. The summed E-state index contributed by atoms with van der Waals surface area (Å²) in [4.78, 5) is 8.22. The van der Waals surface area contributed by atoms with E-state index < -0.39 is 21.7 Å². The maximum absolute atomic E-state index is 12.9. The van der Waals surface area contributed by atoms with Gasteiger partial charge in [0.15, 0.2) is 9.84 Å². The number of piperazine rings is 1. The molecule has 1 atom stereocenters. The molecular weight excluding hydrogens is 531 g/mol. The molecule has 5 nitrogen and oxygen atoms in total. The van der Waals surface area contributed by atoms with Crippen molar-refractivity contribution in [1.29, 1.82) is 0 Å². The third-order valence-corrected chi connectivity index (χ3v) is 7.50. The first-order valence-corrected chi connectivity index (χ1v) is 13.3. The molecule has 0 radical (unpaired) electrons. The van der Waals surface area contributed by atoms with E-state index in [2.05, 4.69) is 30.7 Å². The van der Waals surface area contributed by atoms with Gasteiger partial charge in [0.05, 0.1) is 10.9 Å². The topological polar surface area (TPSA) is 53.5 Å². The molecule has 34 heavy (non-hydrogen) atoms. The lowest BCUT2D eigenvalue weighted by Crippen LogP contribution is -2.48. The molecule has 1 aromatic heterocycles. The Bertz CT molecular complexity index is 1250. The molecule has 1 fully saturated rings. The first kappa shape index (κ1) is 24.7. The van der Waals surface area contributed by atoms with Crippen molar-refractivity contribution in [2.24, 2.45) is 0 Å². The summed E-state index contributed by atoms with van der Waals surface area (Å²) >= 11 is 3.46. The van der Waals surface area contributed by atoms with Gasteiger partial charge >= 0.3 is 6.18 Å². The normalized spacial score (nSPS) is 17.7. The predicted octanol–water partition coefficient (Wildman–Crippen LogP) is 5.33. The van der Waals surface area contributed by atoms with Crippen LogP contribution in [0.5, 0.6) is 0 Å². The standard InChI is InChI=1S/C24H23BrF3N3O2S/c1-34(32,33)21-4-2-3-20(13-21)30-11-12-31(22(16-30)18-6-8-19(25)9-7-18)15-17-5-10-23(29-14-17)24(26,27)28/h2-10,13-14,22H,11-12,15-16H2,1H3. The van der Waals surface area contributed by atoms with Gasteiger partial charge in [-0.3, -0.25) is 9.88 Å². The molecule has 0 saturated carbocycles. The van der Waals surface area contributed by atoms with E-state index in [1.165, 1.54) is 18.5 Å². The maximum atomic E-state index is 12.9. The molecule has 0 aliphatic carbocycles. The lowest BCUT2D eigenvalue weighted by atomic mass is 10.0. The molecule has 1 aliphatic rings. The van der Waals surface area contributed by atoms with Crippen LogP contribution in [-0.2, 0) is 22.6 Å². The number of halogens is 4. The molecule has 1 aliphatic heterocycles. The molecule has 1 saturated heterocycles. The maximum Gasteiger partial charge on any atom is 0.433 e. The zero-order valence-corrected chi connectivity index (χ0v) is 20.7. The van der Waals surface area contributed by atoms with E-state index in [9.17, 15) is 21.6 Å². The minimum absolute atomic E-state index is 0.0500. The van der Waals surface area contributed by atoms with Crippen molar-refractivity contribution in [3.8, 4) is 0 Å². The quantitative estimate of drug-likeness (QED) is 0.427. The Kier molecular flexibility index (Phi) is 7.02. The third kappa shape index (κ3) is 5.79. The molecule has 2 heterocycles. The summed E-state index contributed by atoms with van der Waals surface area (Å²) in [5.74, 6) is 0. The molecule has 180 valence electrons. The van der Waals surface area contributed by atoms with Gasteiger partial charge in [0, 0.05) is 48.8 Å². The Balaban J connectivity index is 1.60. The fourth-order valence-corrected chi connectivity index (χ4v) is 5.00. The van der Waals surface area contributed by atoms with E-state index in [4.69, 9.17) is 0 Å². The molecule has 0 N–H and O–H groups in total. The minimum Gasteiger partial charge on any atom is -0.368 e. The summed E-state index contributed by atoms with van der Waals surface area (Å²) in [7, 11) is -3.33. The van der Waals surface area contributed by atoms with E-state index >= 15 is 0 Å². The highest BCUT2D eigenvalue weighted by molar-refractivity contribution is 9.10. The van der Waals surface area contributed by atoms with Crippen LogP contribution in [0.2, 0.25) is 0 Å². The molecule has 10 heteroatoms. The van der Waals surface area contributed by atoms with Crippen LogP contribution in [0, 0.1) is 0 Å². The summed E-state index contributed by atoms with van der Waals surface area (Å²) in [6.45, 7) is 2.34. The lowest BCUT2D eigenvalue weighted by molar-refractivity contribution is -0.141. The first-order chi connectivity index (χ1) is 16.0. The second kappa shape index (κ2) is 9.67. The fraction of sp³-hybridized carbons (Fsp3) is 0.292. The third-order valence-electron chi connectivity index (χ3n) is 5.86. The van der Waals surface area contributed by atoms with Crippen LogP contribution in [0.4, 0.5) is 18.9 Å². The van der Waals surface area contributed by atoms with Crippen LogP contribution in [-0.4, -0.2) is 44.2 Å². The Morgan fingerprint density at radius 1 is 1.06 bits per heavy atom. The molecule has 0 bridgehead atoms. The first-order valence-electron chi connectivity index (χ1n) is 10.6. The zero-order chi connectivity index (χ0) is 24.5. The van der Waals surface area contributed by atoms with Gasteiger partial charge in [-0.25, -0.2) is 8.42 Å². The Hall–Kier alpha value is -2.43. The second-order valence-corrected chi connectivity index (χ2v) is 11.2. The van der Waals surface area contributed by atoms with Crippen molar-refractivity contribution in [3.63, 3.8) is 0 Å². The number of alkyl halides is 3. The summed E-state index contributed by atoms with van der Waals surface area (Å²) in [6, 6.07) is 17.3. The van der Waals surface area contributed by atoms with Crippen LogP contribution in [0.25, 0.3) is 0 Å². The van der Waals surface area contributed by atoms with Gasteiger partial charge in [-0.1, -0.05) is 40.2 Å². The van der Waals surface area contributed by atoms with E-state index in [1.54, 1.807) is 18.2 Å². The van der Waals surface area contributed by atoms with Crippen molar-refractivity contribution in [3.05, 3.63) is 88.2 Å². The highest BCUT2D eigenvalue weighted by Gasteiger charge is 2.33. The SMILES string of the molecule is CS(=O)(=O)c1cccc(N2CCN(Cc3ccc(C(F)(F)F)nc3)C(c3ccc(Br)cc3)C2)c1. The predicted molar refractivity (Wildman–Crippen MR) is 128 cm³/mol. The van der Waals surface area contributed by atoms with Gasteiger partial charge in [-0.15, -0.1) is 0 Å². The Morgan fingerprint density at radius 2 is 1.79 bits per heavy atom. The van der Waals surface area contributed by atoms with Gasteiger partial charge in [0.25, 0.3) is 0 Å². The van der Waals surface area contributed by atoms with E-state index in [0.29, 0.717) is 31.7 Å². The number of hydrogen-bond acceptors (Lipinski definition) is 5. The number of anilines is 1. The number of benzene rings is 2. The second-order valence-electron chi connectivity index (χ2n) is 8.30. The van der Waals surface area contributed by atoms with Crippen molar-refractivity contribution in [2.45, 2.75) is 23.7 Å². The zero-order valence-electron chi connectivity index (χ0n) is 18.3. The van der Waals surface area contributed by atoms with Crippen molar-refractivity contribution >= 4 is 31.5 Å². The largest absolute Gasteiger partial charge is 0.433 e. The van der Waals surface area contributed by atoms with Crippen LogP contribution >= 0.6 is 15.9 Å². The number of nitrogens with zero attached hydrogens (tertiary/aromatic N) is 3. The van der Waals surface area contributed by atoms with Crippen LogP contribution < -0.4 is 4.90 Å². The molecule has 1 unspecified atom stereocenters. The van der Waals surface area contributed by atoms with Gasteiger partial charge < -0.3 is 4.90 Å². The lowest BCUT2D eigenvalue weighted by Gasteiger charge is -2.43. The number of rotatable bonds is 5. The van der Waals surface area contributed by atoms with Crippen molar-refractivity contribution < 1.29 is 21.6 Å². The summed E-state index contributed by atoms with van der Waals surface area (Å²) in [6.07, 6.45) is -2.00. The molecule has 0 spiro atoms. The monoisotopic (exact) mass is 553 g/mol.